The third-order valence-electron chi connectivity index (χ3n) is 7.43. The summed E-state index contributed by atoms with van der Waals surface area (Å²) in [5, 5.41) is 4.34. The molecule has 3 fully saturated rings. The summed E-state index contributed by atoms with van der Waals surface area (Å²) in [5.74, 6) is 0.159. The minimum Gasteiger partial charge on any atom is -0.459 e. The molecule has 0 aliphatic carbocycles. The standard InChI is InChI=1S/C25H33N5O3/c1-24(2)16-25(23(32)33-24)11-6-12-29(17-25)18-9-13-28(14-10-18)22(31)20-15-30(27-21(20)26)19-7-4-3-5-8-19/h3-5,7-8,15,18H,6,9-14,16-17H2,1-2H3,(H2,26,27). The number of carbonyl (C=O) groups excluding carboxylic acids is 2. The van der Waals surface area contributed by atoms with Gasteiger partial charge in [0, 0.05) is 38.3 Å². The maximum atomic E-state index is 13.2. The number of amides is 1. The van der Waals surface area contributed by atoms with E-state index in [-0.39, 0.29) is 28.7 Å². The zero-order chi connectivity index (χ0) is 23.2. The van der Waals surface area contributed by atoms with Gasteiger partial charge in [0.15, 0.2) is 5.82 Å². The second-order valence-corrected chi connectivity index (χ2v) is 10.4. The highest BCUT2D eigenvalue weighted by molar-refractivity contribution is 5.98. The van der Waals surface area contributed by atoms with Crippen molar-refractivity contribution < 1.29 is 14.3 Å². The Morgan fingerprint density at radius 3 is 2.55 bits per heavy atom. The normalized spacial score (nSPS) is 26.0. The Hall–Kier alpha value is -2.87. The molecule has 3 aliphatic rings. The van der Waals surface area contributed by atoms with Gasteiger partial charge in [-0.15, -0.1) is 5.10 Å². The summed E-state index contributed by atoms with van der Waals surface area (Å²) in [4.78, 5) is 30.2. The van der Waals surface area contributed by atoms with Crippen LogP contribution in [0.25, 0.3) is 5.69 Å². The van der Waals surface area contributed by atoms with E-state index in [2.05, 4.69) is 10.00 Å². The number of hydrogen-bond donors (Lipinski definition) is 1. The van der Waals surface area contributed by atoms with Gasteiger partial charge in [0.05, 0.1) is 11.1 Å². The van der Waals surface area contributed by atoms with Crippen LogP contribution in [0.4, 0.5) is 5.82 Å². The lowest BCUT2D eigenvalue weighted by Crippen LogP contribution is -2.53. The summed E-state index contributed by atoms with van der Waals surface area (Å²) in [7, 11) is 0. The molecule has 1 unspecified atom stereocenters. The number of rotatable bonds is 3. The molecule has 176 valence electrons. The SMILES string of the molecule is CC1(C)CC2(CCCN(C3CCN(C(=O)c4cn(-c5ccccc5)nc4N)CC3)C2)C(=O)O1. The van der Waals surface area contributed by atoms with Crippen LogP contribution in [0.15, 0.2) is 36.5 Å². The lowest BCUT2D eigenvalue weighted by molar-refractivity contribution is -0.154. The lowest BCUT2D eigenvalue weighted by Gasteiger charge is -2.44. The second kappa shape index (κ2) is 8.17. The fraction of sp³-hybridized carbons (Fsp3) is 0.560. The van der Waals surface area contributed by atoms with E-state index in [1.165, 1.54) is 0 Å². The molecule has 1 amide bonds. The number of carbonyl (C=O) groups is 2. The van der Waals surface area contributed by atoms with Crippen molar-refractivity contribution in [2.24, 2.45) is 5.41 Å². The van der Waals surface area contributed by atoms with Crippen molar-refractivity contribution in [1.82, 2.24) is 19.6 Å². The van der Waals surface area contributed by atoms with E-state index in [1.54, 1.807) is 10.9 Å². The molecule has 5 rings (SSSR count). The molecule has 1 aromatic heterocycles. The summed E-state index contributed by atoms with van der Waals surface area (Å²) in [5.41, 5.74) is 6.68. The van der Waals surface area contributed by atoms with Crippen molar-refractivity contribution >= 4 is 17.7 Å². The first-order valence-electron chi connectivity index (χ1n) is 11.9. The summed E-state index contributed by atoms with van der Waals surface area (Å²) in [6.45, 7) is 7.15. The lowest BCUT2D eigenvalue weighted by atomic mass is 9.74. The van der Waals surface area contributed by atoms with Crippen LogP contribution in [-0.2, 0) is 9.53 Å². The first kappa shape index (κ1) is 21.9. The van der Waals surface area contributed by atoms with Crippen LogP contribution in [0, 0.1) is 5.41 Å². The number of benzene rings is 1. The Kier molecular flexibility index (Phi) is 5.43. The average molecular weight is 452 g/mol. The number of ether oxygens (including phenoxy) is 1. The average Bonchev–Trinajstić information content (AvgIpc) is 3.30. The molecular weight excluding hydrogens is 418 g/mol. The highest BCUT2D eigenvalue weighted by Gasteiger charge is 2.54. The fourth-order valence-electron chi connectivity index (χ4n) is 5.94. The number of nitrogen functional groups attached to an aromatic ring is 1. The first-order valence-corrected chi connectivity index (χ1v) is 11.9. The highest BCUT2D eigenvalue weighted by Crippen LogP contribution is 2.46. The number of esters is 1. The zero-order valence-electron chi connectivity index (χ0n) is 19.5. The zero-order valence-corrected chi connectivity index (χ0v) is 19.5. The van der Waals surface area contributed by atoms with Gasteiger partial charge in [0.25, 0.3) is 5.91 Å². The molecule has 0 radical (unpaired) electrons. The van der Waals surface area contributed by atoms with Crippen LogP contribution >= 0.6 is 0 Å². The molecule has 4 heterocycles. The smallest absolute Gasteiger partial charge is 0.314 e. The van der Waals surface area contributed by atoms with Crippen LogP contribution in [0.5, 0.6) is 0 Å². The Balaban J connectivity index is 1.22. The number of nitrogens with two attached hydrogens (primary N) is 1. The Morgan fingerprint density at radius 2 is 1.88 bits per heavy atom. The minimum absolute atomic E-state index is 0.0317. The van der Waals surface area contributed by atoms with E-state index in [4.69, 9.17) is 10.5 Å². The number of anilines is 1. The third kappa shape index (κ3) is 4.12. The second-order valence-electron chi connectivity index (χ2n) is 10.4. The molecule has 0 bridgehead atoms. The van der Waals surface area contributed by atoms with Crippen molar-refractivity contribution in [1.29, 1.82) is 0 Å². The number of aromatic nitrogens is 2. The van der Waals surface area contributed by atoms with Crippen molar-refractivity contribution in [3.63, 3.8) is 0 Å². The Labute approximate surface area is 194 Å². The molecule has 3 aliphatic heterocycles. The van der Waals surface area contributed by atoms with Crippen molar-refractivity contribution in [3.8, 4) is 5.69 Å². The maximum absolute atomic E-state index is 13.2. The molecule has 8 heteroatoms. The van der Waals surface area contributed by atoms with Gasteiger partial charge in [-0.2, -0.15) is 0 Å². The molecule has 2 N–H and O–H groups in total. The van der Waals surface area contributed by atoms with E-state index in [1.807, 2.05) is 49.1 Å². The molecule has 0 saturated carbocycles. The van der Waals surface area contributed by atoms with E-state index in [9.17, 15) is 9.59 Å². The van der Waals surface area contributed by atoms with E-state index >= 15 is 0 Å². The number of nitrogens with zero attached hydrogens (tertiary/aromatic N) is 4. The van der Waals surface area contributed by atoms with E-state index < -0.39 is 0 Å². The van der Waals surface area contributed by atoms with Crippen LogP contribution in [-0.4, -0.2) is 69.3 Å². The van der Waals surface area contributed by atoms with Crippen LogP contribution in [0.1, 0.15) is 56.3 Å². The van der Waals surface area contributed by atoms with Gasteiger partial charge in [-0.3, -0.25) is 14.5 Å². The summed E-state index contributed by atoms with van der Waals surface area (Å²) in [6.07, 6.45) is 6.23. The monoisotopic (exact) mass is 451 g/mol. The summed E-state index contributed by atoms with van der Waals surface area (Å²) >= 11 is 0. The van der Waals surface area contributed by atoms with Gasteiger partial charge in [-0.25, -0.2) is 4.68 Å². The van der Waals surface area contributed by atoms with Crippen LogP contribution < -0.4 is 5.73 Å². The molecule has 2 aromatic rings. The summed E-state index contributed by atoms with van der Waals surface area (Å²) < 4.78 is 7.34. The van der Waals surface area contributed by atoms with Crippen molar-refractivity contribution in [3.05, 3.63) is 42.1 Å². The van der Waals surface area contributed by atoms with Crippen molar-refractivity contribution in [2.45, 2.75) is 57.6 Å². The molecule has 8 nitrogen and oxygen atoms in total. The van der Waals surface area contributed by atoms with Gasteiger partial charge in [-0.1, -0.05) is 18.2 Å². The van der Waals surface area contributed by atoms with Gasteiger partial charge in [0.2, 0.25) is 0 Å². The Morgan fingerprint density at radius 1 is 1.15 bits per heavy atom. The number of likely N-dealkylation sites (tertiary alicyclic amines) is 2. The third-order valence-corrected chi connectivity index (χ3v) is 7.43. The molecule has 3 saturated heterocycles. The minimum atomic E-state index is -0.375. The summed E-state index contributed by atoms with van der Waals surface area (Å²) in [6, 6.07) is 10.0. The molecule has 1 atom stereocenters. The van der Waals surface area contributed by atoms with E-state index in [0.29, 0.717) is 24.7 Å². The molecule has 33 heavy (non-hydrogen) atoms. The number of hydrogen-bond acceptors (Lipinski definition) is 6. The van der Waals surface area contributed by atoms with Crippen LogP contribution in [0.2, 0.25) is 0 Å². The van der Waals surface area contributed by atoms with Gasteiger partial charge >= 0.3 is 5.97 Å². The quantitative estimate of drug-likeness (QED) is 0.722. The predicted octanol–water partition coefficient (Wildman–Crippen LogP) is 2.87. The van der Waals surface area contributed by atoms with Crippen LogP contribution in [0.3, 0.4) is 0 Å². The topological polar surface area (TPSA) is 93.7 Å². The van der Waals surface area contributed by atoms with Gasteiger partial charge < -0.3 is 15.4 Å². The van der Waals surface area contributed by atoms with E-state index in [0.717, 1.165) is 50.9 Å². The molecular formula is C25H33N5O3. The molecule has 1 spiro atoms. The fourth-order valence-corrected chi connectivity index (χ4v) is 5.94. The predicted molar refractivity (Wildman–Crippen MR) is 125 cm³/mol. The Bertz CT molecular complexity index is 1040. The number of para-hydroxylation sites is 1. The van der Waals surface area contributed by atoms with Gasteiger partial charge in [0.1, 0.15) is 11.2 Å². The number of cyclic esters (lactones) is 1. The highest BCUT2D eigenvalue weighted by atomic mass is 16.6. The first-order chi connectivity index (χ1) is 15.8. The largest absolute Gasteiger partial charge is 0.459 e. The van der Waals surface area contributed by atoms with Crippen molar-refractivity contribution in [2.75, 3.05) is 31.9 Å². The maximum Gasteiger partial charge on any atom is 0.314 e. The van der Waals surface area contributed by atoms with Gasteiger partial charge in [-0.05, 0) is 58.2 Å². The molecule has 1 aromatic carbocycles. The number of piperidine rings is 2.